The molecule has 0 unspecified atom stereocenters. The number of carbonyl (C=O) groups excluding carboxylic acids is 2. The van der Waals surface area contributed by atoms with E-state index < -0.39 is 15.8 Å². The van der Waals surface area contributed by atoms with Gasteiger partial charge >= 0.3 is 0 Å². The van der Waals surface area contributed by atoms with Gasteiger partial charge in [0.1, 0.15) is 5.82 Å². The summed E-state index contributed by atoms with van der Waals surface area (Å²) in [6.45, 7) is 3.24. The topological polar surface area (TPSA) is 86.8 Å². The van der Waals surface area contributed by atoms with Crippen molar-refractivity contribution in [3.8, 4) is 0 Å². The molecule has 154 valence electrons. The number of halogens is 1. The number of sulfonamides is 1. The highest BCUT2D eigenvalue weighted by molar-refractivity contribution is 7.89. The van der Waals surface area contributed by atoms with E-state index in [0.717, 1.165) is 17.8 Å². The van der Waals surface area contributed by atoms with E-state index in [9.17, 15) is 22.4 Å². The predicted molar refractivity (Wildman–Crippen MR) is 107 cm³/mol. The summed E-state index contributed by atoms with van der Waals surface area (Å²) >= 11 is 0. The predicted octanol–water partition coefficient (Wildman–Crippen LogP) is 1.66. The van der Waals surface area contributed by atoms with E-state index in [1.54, 1.807) is 17.0 Å². The Bertz CT molecular complexity index is 1000. The molecule has 1 aliphatic heterocycles. The van der Waals surface area contributed by atoms with Crippen LogP contribution in [0.2, 0.25) is 0 Å². The Labute approximate surface area is 169 Å². The van der Waals surface area contributed by atoms with Crippen LogP contribution in [0, 0.1) is 5.82 Å². The second-order valence-corrected chi connectivity index (χ2v) is 8.52. The van der Waals surface area contributed by atoms with Crippen molar-refractivity contribution < 1.29 is 22.4 Å². The zero-order valence-electron chi connectivity index (χ0n) is 16.0. The monoisotopic (exact) mass is 419 g/mol. The molecular weight excluding hydrogens is 397 g/mol. The van der Waals surface area contributed by atoms with E-state index >= 15 is 0 Å². The van der Waals surface area contributed by atoms with Gasteiger partial charge in [-0.1, -0.05) is 6.07 Å². The standard InChI is InChI=1S/C20H22FN3O4S/c1-15(25)16-5-7-18(8-6-16)23-9-11-24(12-10-23)20(26)14-22-29(27,28)19-4-2-3-17(21)13-19/h2-8,13,22H,9-12,14H2,1H3. The van der Waals surface area contributed by atoms with Crippen molar-refractivity contribution in [3.63, 3.8) is 0 Å². The number of ketones is 1. The highest BCUT2D eigenvalue weighted by Crippen LogP contribution is 2.18. The SMILES string of the molecule is CC(=O)c1ccc(N2CCN(C(=O)CNS(=O)(=O)c3cccc(F)c3)CC2)cc1. The van der Waals surface area contributed by atoms with Crippen molar-refractivity contribution in [3.05, 3.63) is 59.9 Å². The molecule has 1 N–H and O–H groups in total. The normalized spacial score (nSPS) is 14.7. The van der Waals surface area contributed by atoms with Gasteiger partial charge < -0.3 is 9.80 Å². The third kappa shape index (κ3) is 5.18. The molecule has 3 rings (SSSR count). The molecule has 2 aromatic carbocycles. The van der Waals surface area contributed by atoms with E-state index in [0.29, 0.717) is 31.7 Å². The number of piperazine rings is 1. The molecule has 9 heteroatoms. The first-order chi connectivity index (χ1) is 13.8. The number of benzene rings is 2. The molecule has 1 heterocycles. The number of hydrogen-bond donors (Lipinski definition) is 1. The van der Waals surface area contributed by atoms with Gasteiger partial charge in [-0.05, 0) is 49.4 Å². The summed E-state index contributed by atoms with van der Waals surface area (Å²) in [6.07, 6.45) is 0. The highest BCUT2D eigenvalue weighted by atomic mass is 32.2. The van der Waals surface area contributed by atoms with Gasteiger partial charge in [-0.15, -0.1) is 0 Å². The average Bonchev–Trinajstić information content (AvgIpc) is 2.72. The second kappa shape index (κ2) is 8.71. The van der Waals surface area contributed by atoms with Crippen LogP contribution in [0.1, 0.15) is 17.3 Å². The number of Topliss-reactive ketones (excluding diaryl/α,β-unsaturated/α-hetero) is 1. The Morgan fingerprint density at radius 1 is 1.03 bits per heavy atom. The number of anilines is 1. The first-order valence-electron chi connectivity index (χ1n) is 9.15. The zero-order chi connectivity index (χ0) is 21.0. The fraction of sp³-hybridized carbons (Fsp3) is 0.300. The number of amides is 1. The lowest BCUT2D eigenvalue weighted by Gasteiger charge is -2.36. The Morgan fingerprint density at radius 3 is 2.28 bits per heavy atom. The number of rotatable bonds is 6. The van der Waals surface area contributed by atoms with Crippen LogP contribution in [0.3, 0.4) is 0 Å². The molecule has 0 saturated carbocycles. The summed E-state index contributed by atoms with van der Waals surface area (Å²) in [7, 11) is -3.96. The van der Waals surface area contributed by atoms with E-state index in [2.05, 4.69) is 9.62 Å². The van der Waals surface area contributed by atoms with Crippen molar-refractivity contribution in [1.82, 2.24) is 9.62 Å². The fourth-order valence-corrected chi connectivity index (χ4v) is 4.11. The van der Waals surface area contributed by atoms with Gasteiger partial charge in [0, 0.05) is 37.4 Å². The molecular formula is C20H22FN3O4S. The van der Waals surface area contributed by atoms with Crippen LogP contribution < -0.4 is 9.62 Å². The Balaban J connectivity index is 1.53. The number of hydrogen-bond acceptors (Lipinski definition) is 5. The van der Waals surface area contributed by atoms with Gasteiger partial charge in [-0.2, -0.15) is 0 Å². The first-order valence-corrected chi connectivity index (χ1v) is 10.6. The van der Waals surface area contributed by atoms with Gasteiger partial charge in [-0.3, -0.25) is 9.59 Å². The van der Waals surface area contributed by atoms with Gasteiger partial charge in [0.2, 0.25) is 15.9 Å². The number of carbonyl (C=O) groups is 2. The van der Waals surface area contributed by atoms with Crippen LogP contribution in [0.5, 0.6) is 0 Å². The van der Waals surface area contributed by atoms with Crippen molar-refractivity contribution in [2.75, 3.05) is 37.6 Å². The molecule has 0 atom stereocenters. The third-order valence-corrected chi connectivity index (χ3v) is 6.19. The smallest absolute Gasteiger partial charge is 0.241 e. The number of nitrogens with one attached hydrogen (secondary N) is 1. The molecule has 29 heavy (non-hydrogen) atoms. The minimum absolute atomic E-state index is 0.00709. The lowest BCUT2D eigenvalue weighted by atomic mass is 10.1. The van der Waals surface area contributed by atoms with Crippen LogP contribution in [-0.2, 0) is 14.8 Å². The molecule has 0 radical (unpaired) electrons. The highest BCUT2D eigenvalue weighted by Gasteiger charge is 2.23. The molecule has 7 nitrogen and oxygen atoms in total. The zero-order valence-corrected chi connectivity index (χ0v) is 16.8. The van der Waals surface area contributed by atoms with Gasteiger partial charge in [0.25, 0.3) is 0 Å². The van der Waals surface area contributed by atoms with E-state index in [1.165, 1.54) is 19.1 Å². The molecule has 0 spiro atoms. The van der Waals surface area contributed by atoms with Crippen LogP contribution in [-0.4, -0.2) is 57.7 Å². The Hall–Kier alpha value is -2.78. The largest absolute Gasteiger partial charge is 0.368 e. The summed E-state index contributed by atoms with van der Waals surface area (Å²) in [5, 5.41) is 0. The molecule has 0 bridgehead atoms. The minimum atomic E-state index is -3.96. The van der Waals surface area contributed by atoms with E-state index in [1.807, 2.05) is 12.1 Å². The molecule has 2 aromatic rings. The summed E-state index contributed by atoms with van der Waals surface area (Å²) in [6, 6.07) is 11.9. The van der Waals surface area contributed by atoms with Crippen LogP contribution in [0.15, 0.2) is 53.4 Å². The van der Waals surface area contributed by atoms with Gasteiger partial charge in [0.15, 0.2) is 5.78 Å². The molecule has 0 aromatic heterocycles. The fourth-order valence-electron chi connectivity index (χ4n) is 3.11. The molecule has 1 aliphatic rings. The summed E-state index contributed by atoms with van der Waals surface area (Å²) in [5.41, 5.74) is 1.61. The summed E-state index contributed by atoms with van der Waals surface area (Å²) < 4.78 is 39.9. The second-order valence-electron chi connectivity index (χ2n) is 6.75. The maximum Gasteiger partial charge on any atom is 0.241 e. The maximum absolute atomic E-state index is 13.2. The maximum atomic E-state index is 13.2. The Kier molecular flexibility index (Phi) is 6.29. The van der Waals surface area contributed by atoms with Crippen molar-refractivity contribution in [1.29, 1.82) is 0 Å². The molecule has 0 aliphatic carbocycles. The van der Waals surface area contributed by atoms with Crippen LogP contribution in [0.4, 0.5) is 10.1 Å². The van der Waals surface area contributed by atoms with Gasteiger partial charge in [0.05, 0.1) is 11.4 Å². The van der Waals surface area contributed by atoms with Crippen molar-refractivity contribution >= 4 is 27.4 Å². The Morgan fingerprint density at radius 2 is 1.69 bits per heavy atom. The van der Waals surface area contributed by atoms with Gasteiger partial charge in [-0.25, -0.2) is 17.5 Å². The van der Waals surface area contributed by atoms with Crippen molar-refractivity contribution in [2.24, 2.45) is 0 Å². The van der Waals surface area contributed by atoms with Crippen molar-refractivity contribution in [2.45, 2.75) is 11.8 Å². The summed E-state index contributed by atoms with van der Waals surface area (Å²) in [5.74, 6) is -0.990. The summed E-state index contributed by atoms with van der Waals surface area (Å²) in [4.78, 5) is 27.2. The number of nitrogens with zero attached hydrogens (tertiary/aromatic N) is 2. The lowest BCUT2D eigenvalue weighted by molar-refractivity contribution is -0.130. The third-order valence-electron chi connectivity index (χ3n) is 4.79. The van der Waals surface area contributed by atoms with Crippen LogP contribution >= 0.6 is 0 Å². The molecule has 1 amide bonds. The van der Waals surface area contributed by atoms with E-state index in [4.69, 9.17) is 0 Å². The minimum Gasteiger partial charge on any atom is -0.368 e. The molecule has 1 saturated heterocycles. The van der Waals surface area contributed by atoms with Crippen LogP contribution in [0.25, 0.3) is 0 Å². The van der Waals surface area contributed by atoms with E-state index in [-0.39, 0.29) is 23.1 Å². The average molecular weight is 419 g/mol. The first kappa shape index (κ1) is 20.9. The molecule has 1 fully saturated rings. The lowest BCUT2D eigenvalue weighted by Crippen LogP contribution is -2.51. The quantitative estimate of drug-likeness (QED) is 0.720.